The average molecular weight is 290 g/mol. The van der Waals surface area contributed by atoms with Crippen LogP contribution in [0.25, 0.3) is 0 Å². The third-order valence-corrected chi connectivity index (χ3v) is 7.53. The maximum Gasteiger partial charge on any atom is 0.0653 e. The van der Waals surface area contributed by atoms with Crippen LogP contribution in [0.15, 0.2) is 11.6 Å². The second-order valence-electron chi connectivity index (χ2n) is 9.20. The molecule has 3 aliphatic rings. The van der Waals surface area contributed by atoms with Gasteiger partial charge in [-0.3, -0.25) is 0 Å². The van der Waals surface area contributed by atoms with E-state index in [1.165, 1.54) is 32.1 Å². The maximum atomic E-state index is 10.9. The molecular formula is C20H34O. The molecule has 6 atom stereocenters. The van der Waals surface area contributed by atoms with Gasteiger partial charge < -0.3 is 5.11 Å². The molecule has 0 aromatic heterocycles. The van der Waals surface area contributed by atoms with Gasteiger partial charge in [0.2, 0.25) is 0 Å². The quantitative estimate of drug-likeness (QED) is 0.659. The van der Waals surface area contributed by atoms with Gasteiger partial charge in [-0.1, -0.05) is 32.4 Å². The molecule has 21 heavy (non-hydrogen) atoms. The lowest BCUT2D eigenvalue weighted by Crippen LogP contribution is -2.39. The Bertz CT molecular complexity index is 433. The van der Waals surface area contributed by atoms with Gasteiger partial charge in [0, 0.05) is 0 Å². The molecule has 1 N–H and O–H groups in total. The fourth-order valence-electron chi connectivity index (χ4n) is 6.05. The van der Waals surface area contributed by atoms with E-state index >= 15 is 0 Å². The largest absolute Gasteiger partial charge is 0.390 e. The van der Waals surface area contributed by atoms with Crippen molar-refractivity contribution in [3.63, 3.8) is 0 Å². The van der Waals surface area contributed by atoms with Crippen LogP contribution in [-0.2, 0) is 0 Å². The van der Waals surface area contributed by atoms with E-state index in [0.29, 0.717) is 17.3 Å². The lowest BCUT2D eigenvalue weighted by molar-refractivity contribution is -0.0180. The summed E-state index contributed by atoms with van der Waals surface area (Å²) in [4.78, 5) is 0. The topological polar surface area (TPSA) is 20.2 Å². The number of fused-ring (bicyclic) bond motifs is 2. The summed E-state index contributed by atoms with van der Waals surface area (Å²) in [6, 6.07) is 0. The third kappa shape index (κ3) is 2.50. The zero-order chi connectivity index (χ0) is 15.4. The second-order valence-corrected chi connectivity index (χ2v) is 9.20. The van der Waals surface area contributed by atoms with Gasteiger partial charge in [0.25, 0.3) is 0 Å². The van der Waals surface area contributed by atoms with Crippen LogP contribution in [0.2, 0.25) is 0 Å². The van der Waals surface area contributed by atoms with Crippen LogP contribution in [0.1, 0.15) is 73.1 Å². The SMILES string of the molecule is CC1=CCC2C(C(C)C)CCC2(C)CC2C1CCC2(C)O. The van der Waals surface area contributed by atoms with Crippen molar-refractivity contribution in [2.24, 2.45) is 35.0 Å². The van der Waals surface area contributed by atoms with E-state index in [9.17, 15) is 5.11 Å². The van der Waals surface area contributed by atoms with E-state index in [2.05, 4.69) is 40.7 Å². The predicted molar refractivity (Wildman–Crippen MR) is 89.0 cm³/mol. The summed E-state index contributed by atoms with van der Waals surface area (Å²) >= 11 is 0. The Balaban J connectivity index is 1.95. The standard InChI is InChI=1S/C20H34O/c1-13(2)15-8-10-19(4)12-18-16(9-11-20(18,5)21)14(3)6-7-17(15)19/h6,13,15-18,21H,7-12H2,1-5H3. The number of rotatable bonds is 1. The van der Waals surface area contributed by atoms with E-state index in [0.717, 1.165) is 24.2 Å². The van der Waals surface area contributed by atoms with Gasteiger partial charge >= 0.3 is 0 Å². The molecule has 120 valence electrons. The van der Waals surface area contributed by atoms with Crippen molar-refractivity contribution in [3.05, 3.63) is 11.6 Å². The van der Waals surface area contributed by atoms with Crippen molar-refractivity contribution in [1.29, 1.82) is 0 Å². The molecule has 0 amide bonds. The third-order valence-electron chi connectivity index (χ3n) is 7.53. The Morgan fingerprint density at radius 1 is 1.14 bits per heavy atom. The fraction of sp³-hybridized carbons (Fsp3) is 0.900. The molecule has 2 saturated carbocycles. The molecule has 0 saturated heterocycles. The molecule has 0 spiro atoms. The zero-order valence-corrected chi connectivity index (χ0v) is 14.7. The lowest BCUT2D eigenvalue weighted by atomic mass is 9.63. The van der Waals surface area contributed by atoms with E-state index in [1.54, 1.807) is 5.57 Å². The molecule has 0 heterocycles. The summed E-state index contributed by atoms with van der Waals surface area (Å²) in [6.07, 6.45) is 10.00. The maximum absolute atomic E-state index is 10.9. The summed E-state index contributed by atoms with van der Waals surface area (Å²) in [5, 5.41) is 10.9. The second kappa shape index (κ2) is 5.11. The molecule has 0 aromatic rings. The first-order valence-electron chi connectivity index (χ1n) is 9.13. The van der Waals surface area contributed by atoms with E-state index < -0.39 is 5.60 Å². The molecule has 0 radical (unpaired) electrons. The molecular weight excluding hydrogens is 256 g/mol. The van der Waals surface area contributed by atoms with Gasteiger partial charge in [-0.2, -0.15) is 0 Å². The van der Waals surface area contributed by atoms with Crippen molar-refractivity contribution in [1.82, 2.24) is 0 Å². The molecule has 6 unspecified atom stereocenters. The van der Waals surface area contributed by atoms with Crippen molar-refractivity contribution in [2.75, 3.05) is 0 Å². The Hall–Kier alpha value is -0.300. The monoisotopic (exact) mass is 290 g/mol. The van der Waals surface area contributed by atoms with Crippen molar-refractivity contribution >= 4 is 0 Å². The van der Waals surface area contributed by atoms with E-state index in [-0.39, 0.29) is 0 Å². The van der Waals surface area contributed by atoms with Crippen LogP contribution in [0.5, 0.6) is 0 Å². The summed E-state index contributed by atoms with van der Waals surface area (Å²) in [5.74, 6) is 3.61. The first kappa shape index (κ1) is 15.6. The summed E-state index contributed by atoms with van der Waals surface area (Å²) < 4.78 is 0. The first-order chi connectivity index (χ1) is 9.74. The van der Waals surface area contributed by atoms with E-state index in [4.69, 9.17) is 0 Å². The minimum atomic E-state index is -0.444. The van der Waals surface area contributed by atoms with E-state index in [1.807, 2.05) is 0 Å². The van der Waals surface area contributed by atoms with Crippen LogP contribution < -0.4 is 0 Å². The number of hydrogen-bond donors (Lipinski definition) is 1. The highest BCUT2D eigenvalue weighted by Crippen LogP contribution is 2.59. The summed E-state index contributed by atoms with van der Waals surface area (Å²) in [7, 11) is 0. The molecule has 3 rings (SSSR count). The van der Waals surface area contributed by atoms with Crippen LogP contribution >= 0.6 is 0 Å². The van der Waals surface area contributed by atoms with Gasteiger partial charge in [0.1, 0.15) is 0 Å². The van der Waals surface area contributed by atoms with Gasteiger partial charge in [-0.25, -0.2) is 0 Å². The van der Waals surface area contributed by atoms with Crippen molar-refractivity contribution < 1.29 is 5.11 Å². The molecule has 0 aliphatic heterocycles. The smallest absolute Gasteiger partial charge is 0.0653 e. The van der Waals surface area contributed by atoms with Gasteiger partial charge in [0.05, 0.1) is 5.60 Å². The first-order valence-corrected chi connectivity index (χ1v) is 9.13. The van der Waals surface area contributed by atoms with Crippen LogP contribution in [-0.4, -0.2) is 10.7 Å². The minimum Gasteiger partial charge on any atom is -0.390 e. The Labute approximate surface area is 131 Å². The minimum absolute atomic E-state index is 0.444. The Morgan fingerprint density at radius 2 is 1.86 bits per heavy atom. The van der Waals surface area contributed by atoms with Gasteiger partial charge in [-0.05, 0) is 87.4 Å². The summed E-state index contributed by atoms with van der Waals surface area (Å²) in [5.41, 5.74) is 1.57. The van der Waals surface area contributed by atoms with Crippen LogP contribution in [0.3, 0.4) is 0 Å². The van der Waals surface area contributed by atoms with Crippen LogP contribution in [0.4, 0.5) is 0 Å². The van der Waals surface area contributed by atoms with Gasteiger partial charge in [0.15, 0.2) is 0 Å². The number of hydrogen-bond acceptors (Lipinski definition) is 1. The highest BCUT2D eigenvalue weighted by Gasteiger charge is 2.53. The highest BCUT2D eigenvalue weighted by molar-refractivity contribution is 5.16. The molecule has 0 bridgehead atoms. The normalized spacial score (nSPS) is 50.3. The lowest BCUT2D eigenvalue weighted by Gasteiger charge is -2.43. The fourth-order valence-corrected chi connectivity index (χ4v) is 6.05. The Morgan fingerprint density at radius 3 is 2.52 bits per heavy atom. The Kier molecular flexibility index (Phi) is 3.80. The molecule has 1 heteroatoms. The summed E-state index contributed by atoms with van der Waals surface area (Å²) in [6.45, 7) is 11.8. The van der Waals surface area contributed by atoms with Gasteiger partial charge in [-0.15, -0.1) is 0 Å². The highest BCUT2D eigenvalue weighted by atomic mass is 16.3. The predicted octanol–water partition coefficient (Wildman–Crippen LogP) is 5.19. The average Bonchev–Trinajstić information content (AvgIpc) is 2.84. The number of aliphatic hydroxyl groups is 1. The molecule has 3 aliphatic carbocycles. The zero-order valence-electron chi connectivity index (χ0n) is 14.7. The van der Waals surface area contributed by atoms with Crippen LogP contribution in [0, 0.1) is 35.0 Å². The van der Waals surface area contributed by atoms with Crippen molar-refractivity contribution in [3.8, 4) is 0 Å². The molecule has 2 fully saturated rings. The molecule has 0 aromatic carbocycles. The van der Waals surface area contributed by atoms with Crippen molar-refractivity contribution in [2.45, 2.75) is 78.7 Å². The molecule has 1 nitrogen and oxygen atoms in total. The number of allylic oxidation sites excluding steroid dienone is 2.